The lowest BCUT2D eigenvalue weighted by Crippen LogP contribution is -2.45. The van der Waals surface area contributed by atoms with Crippen molar-refractivity contribution in [3.05, 3.63) is 34.4 Å². The highest BCUT2D eigenvalue weighted by Gasteiger charge is 2.22. The van der Waals surface area contributed by atoms with E-state index < -0.39 is 0 Å². The molecule has 0 aliphatic carbocycles. The van der Waals surface area contributed by atoms with Crippen LogP contribution in [0.5, 0.6) is 0 Å². The lowest BCUT2D eigenvalue weighted by molar-refractivity contribution is 0.0873. The summed E-state index contributed by atoms with van der Waals surface area (Å²) in [7, 11) is 0. The number of nitrogens with zero attached hydrogens (tertiary/aromatic N) is 1. The van der Waals surface area contributed by atoms with E-state index in [1.54, 1.807) is 0 Å². The van der Waals surface area contributed by atoms with E-state index in [1.807, 2.05) is 6.92 Å². The molecule has 2 rings (SSSR count). The summed E-state index contributed by atoms with van der Waals surface area (Å²) in [6, 6.07) is 4.74. The summed E-state index contributed by atoms with van der Waals surface area (Å²) >= 11 is 0. The van der Waals surface area contributed by atoms with Crippen LogP contribution < -0.4 is 5.32 Å². The third-order valence-electron chi connectivity index (χ3n) is 4.72. The van der Waals surface area contributed by atoms with Crippen LogP contribution in [0.15, 0.2) is 12.1 Å². The summed E-state index contributed by atoms with van der Waals surface area (Å²) in [4.78, 5) is 15.0. The number of likely N-dealkylation sites (N-methyl/N-ethyl adjacent to an activating group) is 1. The first kappa shape index (κ1) is 16.2. The van der Waals surface area contributed by atoms with Crippen molar-refractivity contribution in [2.24, 2.45) is 0 Å². The van der Waals surface area contributed by atoms with E-state index in [4.69, 9.17) is 0 Å². The molecule has 1 N–H and O–H groups in total. The van der Waals surface area contributed by atoms with E-state index in [0.717, 1.165) is 43.6 Å². The van der Waals surface area contributed by atoms with Crippen LogP contribution in [-0.4, -0.2) is 42.9 Å². The SMILES string of the molecule is CCN(CC(=O)c1cc(C)c(C)cc1C)C1CCNCC1. The molecule has 3 nitrogen and oxygen atoms in total. The molecule has 1 aromatic rings. The smallest absolute Gasteiger partial charge is 0.177 e. The second-order valence-corrected chi connectivity index (χ2v) is 6.22. The topological polar surface area (TPSA) is 32.3 Å². The van der Waals surface area contributed by atoms with Gasteiger partial charge in [-0.2, -0.15) is 0 Å². The Hall–Kier alpha value is -1.19. The van der Waals surface area contributed by atoms with Crippen LogP contribution in [-0.2, 0) is 0 Å². The number of piperidine rings is 1. The number of nitrogens with one attached hydrogen (secondary N) is 1. The zero-order valence-electron chi connectivity index (χ0n) is 13.8. The van der Waals surface area contributed by atoms with Gasteiger partial charge in [0.15, 0.2) is 5.78 Å². The molecular weight excluding hydrogens is 260 g/mol. The molecule has 1 fully saturated rings. The molecule has 0 atom stereocenters. The second-order valence-electron chi connectivity index (χ2n) is 6.22. The number of carbonyl (C=O) groups is 1. The number of hydrogen-bond donors (Lipinski definition) is 1. The normalized spacial score (nSPS) is 16.4. The highest BCUT2D eigenvalue weighted by Crippen LogP contribution is 2.18. The Bertz CT molecular complexity index is 504. The summed E-state index contributed by atoms with van der Waals surface area (Å²) in [5, 5.41) is 3.39. The monoisotopic (exact) mass is 288 g/mol. The standard InChI is InChI=1S/C18H28N2O/c1-5-20(16-6-8-19-9-7-16)12-18(21)17-11-14(3)13(2)10-15(17)4/h10-11,16,19H,5-9,12H2,1-4H3. The molecule has 0 bridgehead atoms. The molecule has 0 amide bonds. The minimum Gasteiger partial charge on any atom is -0.317 e. The Labute approximate surface area is 128 Å². The van der Waals surface area contributed by atoms with Gasteiger partial charge >= 0.3 is 0 Å². The Morgan fingerprint density at radius 3 is 2.38 bits per heavy atom. The van der Waals surface area contributed by atoms with Crippen LogP contribution >= 0.6 is 0 Å². The fourth-order valence-corrected chi connectivity index (χ4v) is 3.20. The van der Waals surface area contributed by atoms with Crippen molar-refractivity contribution < 1.29 is 4.79 Å². The summed E-state index contributed by atoms with van der Waals surface area (Å²) in [5.74, 6) is 0.260. The van der Waals surface area contributed by atoms with Crippen LogP contribution in [0, 0.1) is 20.8 Å². The van der Waals surface area contributed by atoms with Gasteiger partial charge in [-0.1, -0.05) is 13.0 Å². The first-order valence-corrected chi connectivity index (χ1v) is 8.08. The number of ketones is 1. The number of carbonyl (C=O) groups excluding carboxylic acids is 1. The van der Waals surface area contributed by atoms with Crippen molar-refractivity contribution >= 4 is 5.78 Å². The third kappa shape index (κ3) is 3.92. The van der Waals surface area contributed by atoms with Crippen LogP contribution in [0.4, 0.5) is 0 Å². The van der Waals surface area contributed by atoms with Gasteiger partial charge in [-0.15, -0.1) is 0 Å². The molecule has 0 spiro atoms. The highest BCUT2D eigenvalue weighted by molar-refractivity contribution is 5.99. The average molecular weight is 288 g/mol. The number of rotatable bonds is 5. The van der Waals surface area contributed by atoms with E-state index in [-0.39, 0.29) is 5.78 Å². The van der Waals surface area contributed by atoms with E-state index in [1.165, 1.54) is 11.1 Å². The predicted molar refractivity (Wildman–Crippen MR) is 88.1 cm³/mol. The molecule has 0 saturated carbocycles. The second kappa shape index (κ2) is 7.19. The minimum atomic E-state index is 0.260. The Balaban J connectivity index is 2.10. The van der Waals surface area contributed by atoms with Gasteiger partial charge < -0.3 is 5.32 Å². The predicted octanol–water partition coefficient (Wildman–Crippen LogP) is 2.87. The fraction of sp³-hybridized carbons (Fsp3) is 0.611. The minimum absolute atomic E-state index is 0.260. The van der Waals surface area contributed by atoms with Crippen LogP contribution in [0.2, 0.25) is 0 Å². The van der Waals surface area contributed by atoms with Crippen molar-refractivity contribution in [1.29, 1.82) is 0 Å². The number of aryl methyl sites for hydroxylation is 3. The van der Waals surface area contributed by atoms with Crippen LogP contribution in [0.1, 0.15) is 46.8 Å². The zero-order chi connectivity index (χ0) is 15.4. The number of Topliss-reactive ketones (excluding diaryl/α,β-unsaturated/α-hetero) is 1. The summed E-state index contributed by atoms with van der Waals surface area (Å²) in [6.07, 6.45) is 2.29. The molecule has 1 aliphatic rings. The summed E-state index contributed by atoms with van der Waals surface area (Å²) in [6.45, 7) is 12.0. The van der Waals surface area contributed by atoms with E-state index in [9.17, 15) is 4.79 Å². The highest BCUT2D eigenvalue weighted by atomic mass is 16.1. The van der Waals surface area contributed by atoms with Crippen molar-refractivity contribution in [2.45, 2.75) is 46.6 Å². The molecule has 116 valence electrons. The Morgan fingerprint density at radius 2 is 1.76 bits per heavy atom. The van der Waals surface area contributed by atoms with Crippen molar-refractivity contribution in [2.75, 3.05) is 26.2 Å². The molecule has 21 heavy (non-hydrogen) atoms. The maximum atomic E-state index is 12.7. The van der Waals surface area contributed by atoms with Crippen LogP contribution in [0.3, 0.4) is 0 Å². The quantitative estimate of drug-likeness (QED) is 0.846. The van der Waals surface area contributed by atoms with Gasteiger partial charge in [0.1, 0.15) is 0 Å². The van der Waals surface area contributed by atoms with Gasteiger partial charge in [-0.25, -0.2) is 0 Å². The van der Waals surface area contributed by atoms with Gasteiger partial charge in [0, 0.05) is 11.6 Å². The lowest BCUT2D eigenvalue weighted by Gasteiger charge is -2.33. The zero-order valence-corrected chi connectivity index (χ0v) is 13.8. The van der Waals surface area contributed by atoms with Gasteiger partial charge in [-0.05, 0) is 76.0 Å². The average Bonchev–Trinajstić information content (AvgIpc) is 2.49. The Kier molecular flexibility index (Phi) is 5.54. The summed E-state index contributed by atoms with van der Waals surface area (Å²) < 4.78 is 0. The molecule has 0 radical (unpaired) electrons. The van der Waals surface area contributed by atoms with Gasteiger partial charge in [0.2, 0.25) is 0 Å². The third-order valence-corrected chi connectivity index (χ3v) is 4.72. The van der Waals surface area contributed by atoms with E-state index in [2.05, 4.69) is 43.1 Å². The first-order chi connectivity index (χ1) is 10.0. The number of benzene rings is 1. The summed E-state index contributed by atoms with van der Waals surface area (Å²) in [5.41, 5.74) is 4.46. The lowest BCUT2D eigenvalue weighted by atomic mass is 9.97. The molecule has 0 aromatic heterocycles. The van der Waals surface area contributed by atoms with E-state index >= 15 is 0 Å². The largest absolute Gasteiger partial charge is 0.317 e. The van der Waals surface area contributed by atoms with Gasteiger partial charge in [0.25, 0.3) is 0 Å². The van der Waals surface area contributed by atoms with Gasteiger partial charge in [-0.3, -0.25) is 9.69 Å². The first-order valence-electron chi connectivity index (χ1n) is 8.08. The Morgan fingerprint density at radius 1 is 1.14 bits per heavy atom. The molecule has 1 aliphatic heterocycles. The van der Waals surface area contributed by atoms with Crippen LogP contribution in [0.25, 0.3) is 0 Å². The molecule has 3 heteroatoms. The maximum absolute atomic E-state index is 12.7. The van der Waals surface area contributed by atoms with E-state index in [0.29, 0.717) is 12.6 Å². The molecule has 1 saturated heterocycles. The molecule has 1 heterocycles. The van der Waals surface area contributed by atoms with Crippen molar-refractivity contribution in [1.82, 2.24) is 10.2 Å². The van der Waals surface area contributed by atoms with Crippen molar-refractivity contribution in [3.8, 4) is 0 Å². The maximum Gasteiger partial charge on any atom is 0.177 e. The fourth-order valence-electron chi connectivity index (χ4n) is 3.20. The molecular formula is C18H28N2O. The molecule has 0 unspecified atom stereocenters. The van der Waals surface area contributed by atoms with Crippen molar-refractivity contribution in [3.63, 3.8) is 0 Å². The van der Waals surface area contributed by atoms with Gasteiger partial charge in [0.05, 0.1) is 6.54 Å². The number of hydrogen-bond acceptors (Lipinski definition) is 3. The molecule has 1 aromatic carbocycles.